The zero-order chi connectivity index (χ0) is 18.0. The Bertz CT molecular complexity index is 603. The molecule has 0 saturated carbocycles. The minimum Gasteiger partial charge on any atom is -0.497 e. The van der Waals surface area contributed by atoms with E-state index in [1.165, 1.54) is 6.08 Å². The van der Waals surface area contributed by atoms with Crippen LogP contribution in [-0.2, 0) is 18.8 Å². The molecular formula is C18H25BO5. The molecule has 0 aromatic heterocycles. The fraction of sp³-hybridized carbons (Fsp3) is 0.500. The van der Waals surface area contributed by atoms with Gasteiger partial charge in [-0.2, -0.15) is 0 Å². The van der Waals surface area contributed by atoms with Crippen molar-refractivity contribution in [2.24, 2.45) is 0 Å². The van der Waals surface area contributed by atoms with Crippen LogP contribution in [0.25, 0.3) is 5.47 Å². The molecule has 2 rings (SSSR count). The van der Waals surface area contributed by atoms with Crippen molar-refractivity contribution in [2.45, 2.75) is 45.8 Å². The Kier molecular flexibility index (Phi) is 5.40. The summed E-state index contributed by atoms with van der Waals surface area (Å²) in [6.07, 6.45) is 1.44. The highest BCUT2D eigenvalue weighted by atomic mass is 16.7. The zero-order valence-corrected chi connectivity index (χ0v) is 15.2. The lowest BCUT2D eigenvalue weighted by Crippen LogP contribution is -2.41. The molecule has 5 nitrogen and oxygen atoms in total. The molecule has 0 amide bonds. The Labute approximate surface area is 144 Å². The third-order valence-electron chi connectivity index (χ3n) is 4.49. The molecule has 0 bridgehead atoms. The van der Waals surface area contributed by atoms with Crippen LogP contribution < -0.4 is 4.74 Å². The van der Waals surface area contributed by atoms with Gasteiger partial charge in [-0.1, -0.05) is 12.1 Å². The van der Waals surface area contributed by atoms with Crippen molar-refractivity contribution in [1.29, 1.82) is 0 Å². The van der Waals surface area contributed by atoms with Crippen LogP contribution in [0.15, 0.2) is 30.3 Å². The van der Waals surface area contributed by atoms with E-state index in [0.717, 1.165) is 11.3 Å². The first-order chi connectivity index (χ1) is 11.2. The molecule has 0 aliphatic carbocycles. The van der Waals surface area contributed by atoms with Gasteiger partial charge in [0.15, 0.2) is 0 Å². The van der Waals surface area contributed by atoms with Crippen molar-refractivity contribution in [1.82, 2.24) is 0 Å². The number of rotatable bonds is 5. The summed E-state index contributed by atoms with van der Waals surface area (Å²) >= 11 is 0. The molecule has 1 aliphatic heterocycles. The van der Waals surface area contributed by atoms with E-state index >= 15 is 0 Å². The maximum absolute atomic E-state index is 12.0. The van der Waals surface area contributed by atoms with Crippen molar-refractivity contribution < 1.29 is 23.6 Å². The quantitative estimate of drug-likeness (QED) is 0.471. The van der Waals surface area contributed by atoms with Crippen LogP contribution in [0.1, 0.15) is 40.2 Å². The van der Waals surface area contributed by atoms with E-state index in [1.807, 2.05) is 52.0 Å². The molecule has 1 aromatic carbocycles. The summed E-state index contributed by atoms with van der Waals surface area (Å²) in [5.74, 6) is 0.321. The third-order valence-corrected chi connectivity index (χ3v) is 4.49. The summed E-state index contributed by atoms with van der Waals surface area (Å²) in [6.45, 7) is 9.99. The standard InChI is InChI=1S/C18H25BO5/c1-7-22-16(20)12-15(13-8-10-14(21-6)11-9-13)19-23-17(2,3)18(4,5)24-19/h8-12H,7H2,1-6H3/b15-12+. The molecule has 1 saturated heterocycles. The molecule has 24 heavy (non-hydrogen) atoms. The molecule has 1 aliphatic rings. The van der Waals surface area contributed by atoms with E-state index in [1.54, 1.807) is 14.0 Å². The van der Waals surface area contributed by atoms with Crippen molar-refractivity contribution in [3.63, 3.8) is 0 Å². The van der Waals surface area contributed by atoms with Gasteiger partial charge in [-0.3, -0.25) is 0 Å². The van der Waals surface area contributed by atoms with Crippen LogP contribution in [0.4, 0.5) is 0 Å². The van der Waals surface area contributed by atoms with E-state index in [4.69, 9.17) is 18.8 Å². The number of esters is 1. The van der Waals surface area contributed by atoms with Gasteiger partial charge < -0.3 is 18.8 Å². The van der Waals surface area contributed by atoms with Gasteiger partial charge in [-0.05, 0) is 57.8 Å². The van der Waals surface area contributed by atoms with Gasteiger partial charge in [0.1, 0.15) is 5.75 Å². The van der Waals surface area contributed by atoms with E-state index in [2.05, 4.69) is 0 Å². The van der Waals surface area contributed by atoms with Crippen LogP contribution in [-0.4, -0.2) is 38.0 Å². The first kappa shape index (κ1) is 18.6. The van der Waals surface area contributed by atoms with Gasteiger partial charge >= 0.3 is 13.1 Å². The van der Waals surface area contributed by atoms with Crippen molar-refractivity contribution in [3.05, 3.63) is 35.9 Å². The van der Waals surface area contributed by atoms with E-state index < -0.39 is 24.3 Å². The number of methoxy groups -OCH3 is 1. The van der Waals surface area contributed by atoms with Crippen molar-refractivity contribution >= 4 is 18.6 Å². The Hall–Kier alpha value is -1.79. The Balaban J connectivity index is 2.39. The molecule has 6 heteroatoms. The molecule has 1 fully saturated rings. The number of hydrogen-bond acceptors (Lipinski definition) is 5. The number of carbonyl (C=O) groups is 1. The summed E-state index contributed by atoms with van der Waals surface area (Å²) in [4.78, 5) is 12.0. The second-order valence-electron chi connectivity index (χ2n) is 6.67. The highest BCUT2D eigenvalue weighted by Crippen LogP contribution is 2.40. The molecule has 0 N–H and O–H groups in total. The number of hydrogen-bond donors (Lipinski definition) is 0. The first-order valence-corrected chi connectivity index (χ1v) is 8.08. The van der Waals surface area contributed by atoms with E-state index in [-0.39, 0.29) is 0 Å². The van der Waals surface area contributed by atoms with Crippen LogP contribution in [0.3, 0.4) is 0 Å². The first-order valence-electron chi connectivity index (χ1n) is 8.08. The lowest BCUT2D eigenvalue weighted by molar-refractivity contribution is -0.137. The van der Waals surface area contributed by atoms with Gasteiger partial charge in [0.2, 0.25) is 0 Å². The molecule has 0 radical (unpaired) electrons. The largest absolute Gasteiger partial charge is 0.497 e. The van der Waals surface area contributed by atoms with Crippen molar-refractivity contribution in [3.8, 4) is 5.75 Å². The zero-order valence-electron chi connectivity index (χ0n) is 15.2. The number of carbonyl (C=O) groups excluding carboxylic acids is 1. The second-order valence-corrected chi connectivity index (χ2v) is 6.67. The van der Waals surface area contributed by atoms with Gasteiger partial charge in [0, 0.05) is 6.08 Å². The fourth-order valence-electron chi connectivity index (χ4n) is 2.35. The average molecular weight is 332 g/mol. The molecule has 130 valence electrons. The lowest BCUT2D eigenvalue weighted by atomic mass is 9.73. The lowest BCUT2D eigenvalue weighted by Gasteiger charge is -2.32. The predicted octanol–water partition coefficient (Wildman–Crippen LogP) is 3.27. The average Bonchev–Trinajstić information content (AvgIpc) is 2.73. The minimum absolute atomic E-state index is 0.314. The summed E-state index contributed by atoms with van der Waals surface area (Å²) in [5, 5.41) is 0. The normalized spacial score (nSPS) is 19.2. The Morgan fingerprint density at radius 2 is 1.67 bits per heavy atom. The summed E-state index contributed by atoms with van der Waals surface area (Å²) in [5.41, 5.74) is 0.479. The maximum atomic E-state index is 12.0. The molecule has 1 heterocycles. The smallest absolute Gasteiger partial charge is 0.495 e. The van der Waals surface area contributed by atoms with Crippen molar-refractivity contribution in [2.75, 3.05) is 13.7 Å². The van der Waals surface area contributed by atoms with Crippen LogP contribution in [0.2, 0.25) is 0 Å². The molecule has 0 unspecified atom stereocenters. The summed E-state index contributed by atoms with van der Waals surface area (Å²) < 4.78 is 22.4. The molecular weight excluding hydrogens is 307 g/mol. The van der Waals surface area contributed by atoms with Gasteiger partial charge in [0.05, 0.1) is 24.9 Å². The van der Waals surface area contributed by atoms with Crippen LogP contribution in [0, 0.1) is 0 Å². The van der Waals surface area contributed by atoms with Crippen LogP contribution in [0.5, 0.6) is 5.75 Å². The topological polar surface area (TPSA) is 54.0 Å². The number of benzene rings is 1. The third kappa shape index (κ3) is 3.82. The Morgan fingerprint density at radius 3 is 2.12 bits per heavy atom. The predicted molar refractivity (Wildman–Crippen MR) is 93.7 cm³/mol. The van der Waals surface area contributed by atoms with E-state index in [0.29, 0.717) is 12.1 Å². The second kappa shape index (κ2) is 6.99. The van der Waals surface area contributed by atoms with Crippen LogP contribution >= 0.6 is 0 Å². The molecule has 1 aromatic rings. The SMILES string of the molecule is CCOC(=O)/C=C(/B1OC(C)(C)C(C)(C)O1)c1ccc(OC)cc1. The van der Waals surface area contributed by atoms with Gasteiger partial charge in [-0.25, -0.2) is 4.79 Å². The summed E-state index contributed by atoms with van der Waals surface area (Å²) in [6, 6.07) is 7.41. The highest BCUT2D eigenvalue weighted by Gasteiger charge is 2.52. The Morgan fingerprint density at radius 1 is 1.12 bits per heavy atom. The maximum Gasteiger partial charge on any atom is 0.495 e. The molecule has 0 atom stereocenters. The minimum atomic E-state index is -0.646. The fourth-order valence-corrected chi connectivity index (χ4v) is 2.35. The molecule has 0 spiro atoms. The van der Waals surface area contributed by atoms with Gasteiger partial charge in [0.25, 0.3) is 0 Å². The van der Waals surface area contributed by atoms with Gasteiger partial charge in [-0.15, -0.1) is 0 Å². The van der Waals surface area contributed by atoms with E-state index in [9.17, 15) is 4.79 Å². The number of ether oxygens (including phenoxy) is 2. The summed E-state index contributed by atoms with van der Waals surface area (Å²) in [7, 11) is 0.964. The monoisotopic (exact) mass is 332 g/mol. The highest BCUT2D eigenvalue weighted by molar-refractivity contribution is 6.69.